The first-order valence-corrected chi connectivity index (χ1v) is 3.28. The van der Waals surface area contributed by atoms with Crippen molar-refractivity contribution in [3.63, 3.8) is 0 Å². The molecule has 0 saturated carbocycles. The van der Waals surface area contributed by atoms with Gasteiger partial charge in [-0.05, 0) is 0 Å². The molecule has 11 heavy (non-hydrogen) atoms. The Morgan fingerprint density at radius 3 is 3.27 bits per heavy atom. The van der Waals surface area contributed by atoms with Crippen LogP contribution in [0, 0.1) is 5.92 Å². The average Bonchev–Trinajstić information content (AvgIpc) is 2.03. The molecule has 0 aromatic carbocycles. The third-order valence-corrected chi connectivity index (χ3v) is 1.47. The predicted molar refractivity (Wildman–Crippen MR) is 39.9 cm³/mol. The van der Waals surface area contributed by atoms with Gasteiger partial charge < -0.3 is 5.11 Å². The summed E-state index contributed by atoms with van der Waals surface area (Å²) in [4.78, 5) is 10.7. The maximum Gasteiger partial charge on any atom is 0.240 e. The molecule has 2 atom stereocenters. The minimum Gasteiger partial charge on any atom is -0.388 e. The molecule has 1 amide bonds. The van der Waals surface area contributed by atoms with Gasteiger partial charge >= 0.3 is 0 Å². The van der Waals surface area contributed by atoms with Crippen molar-refractivity contribution in [1.29, 1.82) is 0 Å². The van der Waals surface area contributed by atoms with Crippen LogP contribution < -0.4 is 5.43 Å². The first-order valence-electron chi connectivity index (χ1n) is 3.28. The van der Waals surface area contributed by atoms with Gasteiger partial charge in [-0.1, -0.05) is 6.08 Å². The molecule has 4 nitrogen and oxygen atoms in total. The number of aliphatic hydroxyl groups excluding tert-OH is 1. The highest BCUT2D eigenvalue weighted by molar-refractivity contribution is 5.83. The first-order chi connectivity index (χ1) is 5.24. The van der Waals surface area contributed by atoms with Crippen LogP contribution in [0.5, 0.6) is 0 Å². The summed E-state index contributed by atoms with van der Waals surface area (Å²) in [6.45, 7) is 3.40. The van der Waals surface area contributed by atoms with Crippen molar-refractivity contribution in [2.45, 2.75) is 12.5 Å². The highest BCUT2D eigenvalue weighted by Crippen LogP contribution is 2.09. The minimum atomic E-state index is -0.732. The van der Waals surface area contributed by atoms with Crippen LogP contribution in [-0.2, 0) is 4.79 Å². The van der Waals surface area contributed by atoms with Gasteiger partial charge in [-0.3, -0.25) is 4.79 Å². The third-order valence-electron chi connectivity index (χ3n) is 1.47. The van der Waals surface area contributed by atoms with E-state index in [9.17, 15) is 9.90 Å². The Bertz CT molecular complexity index is 201. The summed E-state index contributed by atoms with van der Waals surface area (Å²) in [7, 11) is 0. The molecular weight excluding hydrogens is 144 g/mol. The Hall–Kier alpha value is -1.16. The molecule has 0 saturated heterocycles. The van der Waals surface area contributed by atoms with Crippen LogP contribution in [0.15, 0.2) is 17.8 Å². The molecule has 1 aliphatic heterocycles. The fraction of sp³-hybridized carbons (Fsp3) is 0.429. The summed E-state index contributed by atoms with van der Waals surface area (Å²) in [6, 6.07) is 0. The molecular formula is C7H9N2O2. The number of nitrogens with zero attached hydrogens (tertiary/aromatic N) is 1. The quantitative estimate of drug-likeness (QED) is 0.527. The lowest BCUT2D eigenvalue weighted by atomic mass is 9.99. The summed E-state index contributed by atoms with van der Waals surface area (Å²) in [5.41, 5.74) is 2.22. The smallest absolute Gasteiger partial charge is 0.240 e. The number of carbonyl (C=O) groups is 1. The molecule has 59 valence electrons. The van der Waals surface area contributed by atoms with Gasteiger partial charge in [0.05, 0.1) is 12.3 Å². The summed E-state index contributed by atoms with van der Waals surface area (Å²) in [5, 5.41) is 12.6. The van der Waals surface area contributed by atoms with Crippen molar-refractivity contribution < 1.29 is 9.90 Å². The van der Waals surface area contributed by atoms with Crippen molar-refractivity contribution in [1.82, 2.24) is 5.43 Å². The zero-order chi connectivity index (χ0) is 8.27. The number of hydrogen-bond donors (Lipinski definition) is 2. The molecule has 1 rings (SSSR count). The van der Waals surface area contributed by atoms with Crippen molar-refractivity contribution in [3.05, 3.63) is 12.7 Å². The summed E-state index contributed by atoms with van der Waals surface area (Å²) < 4.78 is 0. The molecule has 1 radical (unpaired) electrons. The van der Waals surface area contributed by atoms with E-state index < -0.39 is 6.10 Å². The largest absolute Gasteiger partial charge is 0.388 e. The second kappa shape index (κ2) is 3.30. The highest BCUT2D eigenvalue weighted by atomic mass is 16.3. The molecule has 0 aliphatic carbocycles. The number of carbonyl (C=O) groups excluding carboxylic acids is 1. The topological polar surface area (TPSA) is 61.7 Å². The van der Waals surface area contributed by atoms with Crippen LogP contribution in [0.2, 0.25) is 0 Å². The van der Waals surface area contributed by atoms with Gasteiger partial charge in [-0.25, -0.2) is 5.43 Å². The standard InChI is InChI=1S/C7H9N2O2/c1-2-6(10)5-3-7(11)9-8-4-5/h2,5-6,10H,1,3H2,(H,9,11). The second-order valence-electron chi connectivity index (χ2n) is 2.31. The van der Waals surface area contributed by atoms with E-state index in [2.05, 4.69) is 23.3 Å². The lowest BCUT2D eigenvalue weighted by Gasteiger charge is -2.16. The molecule has 4 heteroatoms. The SMILES string of the molecule is C=CC(O)C1[C]=NNC(=O)C1. The third kappa shape index (κ3) is 1.88. The summed E-state index contributed by atoms with van der Waals surface area (Å²) in [5.74, 6) is -0.545. The van der Waals surface area contributed by atoms with Gasteiger partial charge in [0, 0.05) is 12.3 Å². The van der Waals surface area contributed by atoms with Gasteiger partial charge in [0.25, 0.3) is 0 Å². The van der Waals surface area contributed by atoms with Crippen molar-refractivity contribution in [2.75, 3.05) is 0 Å². The first kappa shape index (κ1) is 7.94. The summed E-state index contributed by atoms with van der Waals surface area (Å²) in [6.07, 6.45) is 3.43. The molecule has 0 spiro atoms. The van der Waals surface area contributed by atoms with E-state index >= 15 is 0 Å². The van der Waals surface area contributed by atoms with Crippen LogP contribution in [0.4, 0.5) is 0 Å². The Morgan fingerprint density at radius 1 is 2.00 bits per heavy atom. The van der Waals surface area contributed by atoms with E-state index in [-0.39, 0.29) is 18.2 Å². The van der Waals surface area contributed by atoms with Crippen molar-refractivity contribution >= 4 is 12.1 Å². The van der Waals surface area contributed by atoms with Crippen molar-refractivity contribution in [2.24, 2.45) is 11.0 Å². The Kier molecular flexibility index (Phi) is 2.38. The van der Waals surface area contributed by atoms with Crippen LogP contribution >= 0.6 is 0 Å². The second-order valence-corrected chi connectivity index (χ2v) is 2.31. The molecule has 2 N–H and O–H groups in total. The maximum atomic E-state index is 10.7. The lowest BCUT2D eigenvalue weighted by molar-refractivity contribution is -0.122. The number of rotatable bonds is 2. The number of hydrogen-bond acceptors (Lipinski definition) is 3. The van der Waals surface area contributed by atoms with Gasteiger partial charge in [0.1, 0.15) is 0 Å². The monoisotopic (exact) mass is 153 g/mol. The van der Waals surface area contributed by atoms with Gasteiger partial charge in [-0.2, -0.15) is 5.10 Å². The minimum absolute atomic E-state index is 0.199. The van der Waals surface area contributed by atoms with E-state index in [1.165, 1.54) is 6.08 Å². The predicted octanol–water partition coefficient (Wildman–Crippen LogP) is -0.468. The fourth-order valence-corrected chi connectivity index (χ4v) is 0.830. The average molecular weight is 153 g/mol. The molecule has 1 aliphatic rings. The zero-order valence-electron chi connectivity index (χ0n) is 5.95. The van der Waals surface area contributed by atoms with Crippen LogP contribution in [0.25, 0.3) is 0 Å². The van der Waals surface area contributed by atoms with Gasteiger partial charge in [0.2, 0.25) is 5.91 Å². The molecule has 0 bridgehead atoms. The Morgan fingerprint density at radius 2 is 2.73 bits per heavy atom. The molecule has 2 unspecified atom stereocenters. The van der Waals surface area contributed by atoms with Crippen LogP contribution in [-0.4, -0.2) is 23.3 Å². The van der Waals surface area contributed by atoms with Gasteiger partial charge in [-0.15, -0.1) is 6.58 Å². The van der Waals surface area contributed by atoms with Crippen molar-refractivity contribution in [3.8, 4) is 0 Å². The number of nitrogens with one attached hydrogen (secondary N) is 1. The highest BCUT2D eigenvalue weighted by Gasteiger charge is 2.21. The Balaban J connectivity index is 2.59. The van der Waals surface area contributed by atoms with Crippen LogP contribution in [0.1, 0.15) is 6.42 Å². The van der Waals surface area contributed by atoms with Crippen LogP contribution in [0.3, 0.4) is 0 Å². The molecule has 0 aromatic rings. The number of hydrazone groups is 1. The van der Waals surface area contributed by atoms with E-state index in [4.69, 9.17) is 0 Å². The van der Waals surface area contributed by atoms with E-state index in [0.29, 0.717) is 0 Å². The molecule has 0 fully saturated rings. The Labute approximate surface area is 64.6 Å². The lowest BCUT2D eigenvalue weighted by Crippen LogP contribution is -2.32. The number of amides is 1. The zero-order valence-corrected chi connectivity index (χ0v) is 5.95. The fourth-order valence-electron chi connectivity index (χ4n) is 0.830. The van der Waals surface area contributed by atoms with E-state index in [1.54, 1.807) is 0 Å². The van der Waals surface area contributed by atoms with E-state index in [1.807, 2.05) is 0 Å². The number of aliphatic hydroxyl groups is 1. The van der Waals surface area contributed by atoms with E-state index in [0.717, 1.165) is 0 Å². The molecule has 1 heterocycles. The molecule has 0 aromatic heterocycles. The normalized spacial score (nSPS) is 25.9. The summed E-state index contributed by atoms with van der Waals surface area (Å²) >= 11 is 0. The maximum absolute atomic E-state index is 10.7. The van der Waals surface area contributed by atoms with Gasteiger partial charge in [0.15, 0.2) is 0 Å².